The summed E-state index contributed by atoms with van der Waals surface area (Å²) in [5.41, 5.74) is 18.4. The molecule has 3 aliphatic rings. The van der Waals surface area contributed by atoms with Crippen molar-refractivity contribution in [3.8, 4) is 56.4 Å². The Morgan fingerprint density at radius 2 is 0.687 bits per heavy atom. The van der Waals surface area contributed by atoms with E-state index in [0.29, 0.717) is 45.5 Å². The highest BCUT2D eigenvalue weighted by atomic mass is 16.6. The summed E-state index contributed by atoms with van der Waals surface area (Å²) in [6.07, 6.45) is 3.45. The van der Waals surface area contributed by atoms with Gasteiger partial charge in [-0.05, 0) is 138 Å². The minimum absolute atomic E-state index is 0.0121. The molecule has 13 rings (SSSR count). The lowest BCUT2D eigenvalue weighted by molar-refractivity contribution is 0.0443. The van der Waals surface area contributed by atoms with Gasteiger partial charge in [0, 0.05) is 55.6 Å². The summed E-state index contributed by atoms with van der Waals surface area (Å²) in [6.45, 7) is 25.3. The second-order valence-electron chi connectivity index (χ2n) is 29.7. The third-order valence-electron chi connectivity index (χ3n) is 18.9. The van der Waals surface area contributed by atoms with Crippen LogP contribution in [0, 0.1) is 0 Å². The first kappa shape index (κ1) is 66.6. The second kappa shape index (κ2) is 26.1. The molecule has 10 aromatic carbocycles. The fourth-order valence-corrected chi connectivity index (χ4v) is 14.2. The molecule has 0 aromatic heterocycles. The van der Waals surface area contributed by atoms with E-state index < -0.39 is 17.4 Å². The van der Waals surface area contributed by atoms with Crippen LogP contribution in [0.5, 0.6) is 23.0 Å². The van der Waals surface area contributed by atoms with Gasteiger partial charge in [0.25, 0.3) is 0 Å². The van der Waals surface area contributed by atoms with Gasteiger partial charge < -0.3 is 29.2 Å². The summed E-state index contributed by atoms with van der Waals surface area (Å²) in [5.74, 6) is 0.909. The molecule has 498 valence electrons. The average Bonchev–Trinajstić information content (AvgIpc) is 1.56. The molecule has 2 N–H and O–H groups in total. The third-order valence-corrected chi connectivity index (χ3v) is 18.9. The van der Waals surface area contributed by atoms with E-state index in [1.54, 1.807) is 24.6 Å². The zero-order valence-corrected chi connectivity index (χ0v) is 58.2. The van der Waals surface area contributed by atoms with E-state index in [4.69, 9.17) is 29.2 Å². The molecule has 0 spiro atoms. The minimum Gasteiger partial charge on any atom is -0.507 e. The topological polar surface area (TPSA) is 161 Å². The first-order chi connectivity index (χ1) is 47.3. The molecule has 0 saturated carbocycles. The van der Waals surface area contributed by atoms with Crippen LogP contribution in [-0.2, 0) is 36.5 Å². The Kier molecular flexibility index (Phi) is 17.6. The lowest BCUT2D eigenvalue weighted by Crippen LogP contribution is -2.28. The predicted octanol–water partition coefficient (Wildman–Crippen LogP) is 18.8. The van der Waals surface area contributed by atoms with E-state index in [0.717, 1.165) is 111 Å². The molecule has 0 aliphatic heterocycles. The Bertz CT molecular complexity index is 4570. The smallest absolute Gasteiger partial charge is 0.338 e. The Hall–Kier alpha value is -11.0. The number of esters is 2. The van der Waals surface area contributed by atoms with Crippen LogP contribution >= 0.6 is 0 Å². The monoisotopic (exact) mass is 1310 g/mol. The molecule has 12 heteroatoms. The maximum Gasteiger partial charge on any atom is 0.338 e. The average molecular weight is 1310 g/mol. The van der Waals surface area contributed by atoms with Gasteiger partial charge in [-0.25, -0.2) is 9.59 Å². The van der Waals surface area contributed by atoms with Crippen molar-refractivity contribution in [2.24, 2.45) is 20.4 Å². The highest BCUT2D eigenvalue weighted by Gasteiger charge is 2.46. The molecule has 0 unspecified atom stereocenters. The van der Waals surface area contributed by atoms with Crippen LogP contribution < -0.4 is 9.47 Å². The van der Waals surface area contributed by atoms with Crippen LogP contribution in [0.15, 0.2) is 227 Å². The van der Waals surface area contributed by atoms with Crippen molar-refractivity contribution in [2.45, 2.75) is 110 Å². The van der Waals surface area contributed by atoms with E-state index in [1.807, 2.05) is 121 Å². The van der Waals surface area contributed by atoms with E-state index in [-0.39, 0.29) is 48.1 Å². The molecular formula is C87H82N4O8. The number of ether oxygens (including phenoxy) is 4. The summed E-state index contributed by atoms with van der Waals surface area (Å²) in [6, 6.07) is 68.2. The molecule has 0 radical (unpaired) electrons. The van der Waals surface area contributed by atoms with E-state index >= 15 is 0 Å². The van der Waals surface area contributed by atoms with Crippen LogP contribution in [-0.4, -0.2) is 72.4 Å². The van der Waals surface area contributed by atoms with Gasteiger partial charge in [-0.2, -0.15) is 10.2 Å². The Balaban J connectivity index is 0.679. The molecule has 0 fully saturated rings. The fraction of sp³-hybridized carbons (Fsp3) is 0.241. The maximum atomic E-state index is 14.1. The number of aromatic hydroxyl groups is 2. The molecular weight excluding hydrogens is 1230 g/mol. The number of rotatable bonds is 16. The Labute approximate surface area is 580 Å². The molecule has 99 heavy (non-hydrogen) atoms. The van der Waals surface area contributed by atoms with Crippen molar-refractivity contribution in [3.05, 3.63) is 295 Å². The highest BCUT2D eigenvalue weighted by molar-refractivity contribution is 6.27. The van der Waals surface area contributed by atoms with E-state index in [2.05, 4.69) is 166 Å². The number of benzene rings is 10. The van der Waals surface area contributed by atoms with Crippen LogP contribution in [0.1, 0.15) is 182 Å². The number of nitrogens with zero attached hydrogens (tertiary/aromatic N) is 4. The van der Waals surface area contributed by atoms with E-state index in [1.165, 1.54) is 0 Å². The number of phenols is 2. The second-order valence-corrected chi connectivity index (χ2v) is 29.7. The molecule has 0 heterocycles. The molecule has 0 amide bonds. The number of carbonyl (C=O) groups is 2. The Morgan fingerprint density at radius 3 is 1.03 bits per heavy atom. The zero-order valence-electron chi connectivity index (χ0n) is 58.2. The summed E-state index contributed by atoms with van der Waals surface area (Å²) in [5, 5.41) is 41.4. The van der Waals surface area contributed by atoms with Gasteiger partial charge in [-0.3, -0.25) is 0 Å². The van der Waals surface area contributed by atoms with Crippen molar-refractivity contribution in [1.82, 2.24) is 0 Å². The number of hydrogen-bond donors (Lipinski definition) is 2. The standard InChI is InChI=1S/C87H82N4O8/c1-83(2,3)71-47-53(48-72(79(71)92)84(4,5)6)51-88-90-77-63-27-15-13-25-61(63)75-65(77)29-21-31-67(75)81(94)98-45-43-96-57-39-35-55(36-40-57)87(69-33-19-17-23-59(69)60-24-18-20-34-70(60)87)56-37-41-58(42-38-56)97-44-46-99-82(95)68-32-22-30-66-76(68)62-26-14-16-28-64(62)78(66)91-89-52-54-49-73(85(7,8)9)80(93)74(50-54)86(10,11)12/h13-42,47-52,92-93H,43-46H2,1-12H3/b88-51+,89-52+,90-77+,91-78+. The van der Waals surface area contributed by atoms with Gasteiger partial charge in [-0.1, -0.05) is 229 Å². The maximum absolute atomic E-state index is 14.1. The largest absolute Gasteiger partial charge is 0.507 e. The van der Waals surface area contributed by atoms with Crippen molar-refractivity contribution in [3.63, 3.8) is 0 Å². The van der Waals surface area contributed by atoms with Crippen LogP contribution in [0.4, 0.5) is 0 Å². The molecule has 10 aromatic rings. The molecule has 3 aliphatic carbocycles. The quantitative estimate of drug-likeness (QED) is 0.0418. The van der Waals surface area contributed by atoms with Crippen LogP contribution in [0.3, 0.4) is 0 Å². The molecule has 0 saturated heterocycles. The lowest BCUT2D eigenvalue weighted by atomic mass is 9.68. The van der Waals surface area contributed by atoms with Crippen molar-refractivity contribution < 1.29 is 38.7 Å². The molecule has 0 atom stereocenters. The van der Waals surface area contributed by atoms with Gasteiger partial charge in [0.2, 0.25) is 0 Å². The summed E-state index contributed by atoms with van der Waals surface area (Å²) >= 11 is 0. The normalized spacial score (nSPS) is 14.4. The third kappa shape index (κ3) is 12.6. The van der Waals surface area contributed by atoms with E-state index in [9.17, 15) is 19.8 Å². The fourth-order valence-electron chi connectivity index (χ4n) is 14.2. The lowest BCUT2D eigenvalue weighted by Gasteiger charge is -2.34. The predicted molar refractivity (Wildman–Crippen MR) is 397 cm³/mol. The first-order valence-corrected chi connectivity index (χ1v) is 33.8. The molecule has 12 nitrogen and oxygen atoms in total. The molecule has 0 bridgehead atoms. The number of carbonyl (C=O) groups excluding carboxylic acids is 2. The van der Waals surface area contributed by atoms with Crippen molar-refractivity contribution in [2.75, 3.05) is 26.4 Å². The zero-order chi connectivity index (χ0) is 69.8. The highest BCUT2D eigenvalue weighted by Crippen LogP contribution is 2.56. The number of phenolic OH excluding ortho intramolecular Hbond substituents is 2. The summed E-state index contributed by atoms with van der Waals surface area (Å²) in [4.78, 5) is 28.1. The number of hydrogen-bond acceptors (Lipinski definition) is 12. The van der Waals surface area contributed by atoms with Crippen LogP contribution in [0.2, 0.25) is 0 Å². The SMILES string of the molecule is CC(C)(C)c1cc(/C=N/N=C2\c3ccccc3-c3c(C(=O)OCCOc4ccc(C5(c6ccc(OCCOC(=O)c7cccc8c7-c7ccccc7/C8=N\N=C\c7cc(C(C)(C)C)c(O)c(C(C)(C)C)c7)cc6)c6ccccc6-c6ccccc65)cc4)cccc32)cc(C(C)(C)C)c1O. The van der Waals surface area contributed by atoms with Gasteiger partial charge in [0.05, 0.1) is 29.0 Å². The minimum atomic E-state index is -0.704. The summed E-state index contributed by atoms with van der Waals surface area (Å²) < 4.78 is 24.5. The van der Waals surface area contributed by atoms with Crippen molar-refractivity contribution >= 4 is 35.8 Å². The van der Waals surface area contributed by atoms with Gasteiger partial charge in [-0.15, -0.1) is 10.2 Å². The number of fused-ring (bicyclic) bond motifs is 9. The van der Waals surface area contributed by atoms with Gasteiger partial charge in [0.1, 0.15) is 60.8 Å². The van der Waals surface area contributed by atoms with Crippen LogP contribution in [0.25, 0.3) is 33.4 Å². The first-order valence-electron chi connectivity index (χ1n) is 33.8. The Morgan fingerprint density at radius 1 is 0.374 bits per heavy atom. The summed E-state index contributed by atoms with van der Waals surface area (Å²) in [7, 11) is 0. The van der Waals surface area contributed by atoms with Gasteiger partial charge >= 0.3 is 11.9 Å². The van der Waals surface area contributed by atoms with Gasteiger partial charge in [0.15, 0.2) is 0 Å². The van der Waals surface area contributed by atoms with Crippen molar-refractivity contribution in [1.29, 1.82) is 0 Å².